The summed E-state index contributed by atoms with van der Waals surface area (Å²) in [5.74, 6) is 0.104. The molecule has 0 spiro atoms. The monoisotopic (exact) mass is 319 g/mol. The number of aromatic nitrogens is 2. The van der Waals surface area contributed by atoms with Gasteiger partial charge in [0.05, 0.1) is 5.92 Å². The second kappa shape index (κ2) is 7.39. The average Bonchev–Trinajstić information content (AvgIpc) is 2.51. The summed E-state index contributed by atoms with van der Waals surface area (Å²) in [5.41, 5.74) is 7.09. The van der Waals surface area contributed by atoms with Crippen molar-refractivity contribution in [2.24, 2.45) is 11.8 Å². The number of carbonyl (C=O) groups excluding carboxylic acids is 2. The van der Waals surface area contributed by atoms with E-state index in [4.69, 9.17) is 0 Å². The van der Waals surface area contributed by atoms with E-state index in [0.29, 0.717) is 12.5 Å². The van der Waals surface area contributed by atoms with Crippen LogP contribution in [0.4, 0.5) is 5.95 Å². The van der Waals surface area contributed by atoms with E-state index in [1.54, 1.807) is 4.90 Å². The number of aryl methyl sites for hydroxylation is 2. The topological polar surface area (TPSA) is 87.2 Å². The molecule has 0 aromatic carbocycles. The lowest BCUT2D eigenvalue weighted by Gasteiger charge is -2.33. The van der Waals surface area contributed by atoms with Gasteiger partial charge in [-0.05, 0) is 32.8 Å². The van der Waals surface area contributed by atoms with Crippen LogP contribution in [0.1, 0.15) is 38.1 Å². The van der Waals surface area contributed by atoms with Crippen molar-refractivity contribution in [3.8, 4) is 0 Å². The van der Waals surface area contributed by atoms with Crippen molar-refractivity contribution in [1.82, 2.24) is 20.3 Å². The van der Waals surface area contributed by atoms with E-state index < -0.39 is 0 Å². The minimum Gasteiger partial charge on any atom is -0.342 e. The van der Waals surface area contributed by atoms with Gasteiger partial charge >= 0.3 is 0 Å². The molecule has 126 valence electrons. The quantitative estimate of drug-likeness (QED) is 0.820. The molecule has 1 aliphatic rings. The van der Waals surface area contributed by atoms with Crippen molar-refractivity contribution < 1.29 is 9.59 Å². The SMILES string of the molecule is Cc1cc(C)nc(NNC(=O)C2CCCN(C(=O)C(C)C)C2)n1. The zero-order valence-electron chi connectivity index (χ0n) is 14.2. The largest absolute Gasteiger partial charge is 0.342 e. The van der Waals surface area contributed by atoms with Gasteiger partial charge in [0, 0.05) is 30.4 Å². The minimum atomic E-state index is -0.204. The average molecular weight is 319 g/mol. The van der Waals surface area contributed by atoms with E-state index in [0.717, 1.165) is 30.8 Å². The Hall–Kier alpha value is -2.18. The number of hydrazine groups is 1. The molecule has 0 saturated carbocycles. The molecule has 1 fully saturated rings. The third-order valence-electron chi connectivity index (χ3n) is 3.88. The Bertz CT molecular complexity index is 568. The van der Waals surface area contributed by atoms with E-state index in [9.17, 15) is 9.59 Å². The van der Waals surface area contributed by atoms with Crippen molar-refractivity contribution >= 4 is 17.8 Å². The fraction of sp³-hybridized carbons (Fsp3) is 0.625. The number of carbonyl (C=O) groups is 2. The summed E-state index contributed by atoms with van der Waals surface area (Å²) in [6, 6.07) is 1.86. The standard InChI is InChI=1S/C16H25N5O2/c1-10(2)15(23)21-7-5-6-13(9-21)14(22)19-20-16-17-11(3)8-12(4)18-16/h8,10,13H,5-7,9H2,1-4H3,(H,19,22)(H,17,18,20). The Morgan fingerprint density at radius 1 is 1.26 bits per heavy atom. The molecule has 1 unspecified atom stereocenters. The zero-order chi connectivity index (χ0) is 17.0. The number of nitrogens with one attached hydrogen (secondary N) is 2. The maximum atomic E-state index is 12.3. The molecule has 2 heterocycles. The van der Waals surface area contributed by atoms with Crippen molar-refractivity contribution in [1.29, 1.82) is 0 Å². The molecule has 1 aliphatic heterocycles. The molecule has 1 atom stereocenters. The van der Waals surface area contributed by atoms with Crippen LogP contribution >= 0.6 is 0 Å². The first-order valence-electron chi connectivity index (χ1n) is 8.03. The number of anilines is 1. The van der Waals surface area contributed by atoms with Crippen molar-refractivity contribution in [3.63, 3.8) is 0 Å². The van der Waals surface area contributed by atoms with Gasteiger partial charge in [0.15, 0.2) is 0 Å². The number of rotatable bonds is 4. The summed E-state index contributed by atoms with van der Waals surface area (Å²) in [6.07, 6.45) is 1.62. The maximum absolute atomic E-state index is 12.3. The van der Waals surface area contributed by atoms with E-state index in [2.05, 4.69) is 20.8 Å². The van der Waals surface area contributed by atoms with Crippen molar-refractivity contribution in [2.75, 3.05) is 18.5 Å². The first-order chi connectivity index (χ1) is 10.9. The Labute approximate surface area is 136 Å². The maximum Gasteiger partial charge on any atom is 0.243 e. The van der Waals surface area contributed by atoms with Crippen LogP contribution in [0.3, 0.4) is 0 Å². The number of amides is 2. The van der Waals surface area contributed by atoms with E-state index in [1.807, 2.05) is 33.8 Å². The van der Waals surface area contributed by atoms with Gasteiger partial charge in [-0.25, -0.2) is 9.97 Å². The van der Waals surface area contributed by atoms with Crippen LogP contribution in [0, 0.1) is 25.7 Å². The highest BCUT2D eigenvalue weighted by atomic mass is 16.2. The lowest BCUT2D eigenvalue weighted by Crippen LogP contribution is -2.47. The number of piperidine rings is 1. The molecule has 0 radical (unpaired) electrons. The van der Waals surface area contributed by atoms with Crippen molar-refractivity contribution in [2.45, 2.75) is 40.5 Å². The van der Waals surface area contributed by atoms with Gasteiger partial charge in [-0.1, -0.05) is 13.8 Å². The smallest absolute Gasteiger partial charge is 0.243 e. The molecule has 1 aromatic rings. The van der Waals surface area contributed by atoms with Gasteiger partial charge in [0.2, 0.25) is 17.8 Å². The normalized spacial score (nSPS) is 18.0. The highest BCUT2D eigenvalue weighted by molar-refractivity contribution is 5.82. The highest BCUT2D eigenvalue weighted by Gasteiger charge is 2.29. The van der Waals surface area contributed by atoms with Crippen LogP contribution in [0.25, 0.3) is 0 Å². The Balaban J connectivity index is 1.91. The molecule has 2 amide bonds. The van der Waals surface area contributed by atoms with E-state index in [-0.39, 0.29) is 23.7 Å². The Morgan fingerprint density at radius 2 is 1.91 bits per heavy atom. The summed E-state index contributed by atoms with van der Waals surface area (Å²) >= 11 is 0. The summed E-state index contributed by atoms with van der Waals surface area (Å²) in [5, 5.41) is 0. The molecular formula is C16H25N5O2. The zero-order valence-corrected chi connectivity index (χ0v) is 14.2. The van der Waals surface area contributed by atoms with Gasteiger partial charge in [-0.3, -0.25) is 20.4 Å². The van der Waals surface area contributed by atoms with Gasteiger partial charge in [-0.15, -0.1) is 0 Å². The van der Waals surface area contributed by atoms with Gasteiger partial charge < -0.3 is 4.90 Å². The van der Waals surface area contributed by atoms with Gasteiger partial charge in [0.25, 0.3) is 0 Å². The number of nitrogens with zero attached hydrogens (tertiary/aromatic N) is 3. The molecule has 7 nitrogen and oxygen atoms in total. The first kappa shape index (κ1) is 17.2. The summed E-state index contributed by atoms with van der Waals surface area (Å²) in [7, 11) is 0. The molecule has 0 aliphatic carbocycles. The lowest BCUT2D eigenvalue weighted by atomic mass is 9.96. The van der Waals surface area contributed by atoms with Crippen LogP contribution < -0.4 is 10.9 Å². The molecule has 2 N–H and O–H groups in total. The van der Waals surface area contributed by atoms with E-state index >= 15 is 0 Å². The first-order valence-corrected chi connectivity index (χ1v) is 8.03. The van der Waals surface area contributed by atoms with Gasteiger partial charge in [-0.2, -0.15) is 0 Å². The highest BCUT2D eigenvalue weighted by Crippen LogP contribution is 2.18. The Kier molecular flexibility index (Phi) is 5.52. The summed E-state index contributed by atoms with van der Waals surface area (Å²) < 4.78 is 0. The predicted molar refractivity (Wildman–Crippen MR) is 87.4 cm³/mol. The second-order valence-corrected chi connectivity index (χ2v) is 6.37. The fourth-order valence-corrected chi connectivity index (χ4v) is 2.76. The van der Waals surface area contributed by atoms with Crippen LogP contribution in [0.15, 0.2) is 6.07 Å². The molecule has 23 heavy (non-hydrogen) atoms. The molecule has 1 saturated heterocycles. The number of likely N-dealkylation sites (tertiary alicyclic amines) is 1. The molecular weight excluding hydrogens is 294 g/mol. The van der Waals surface area contributed by atoms with Crippen LogP contribution in [-0.4, -0.2) is 39.8 Å². The third kappa shape index (κ3) is 4.64. The predicted octanol–water partition coefficient (Wildman–Crippen LogP) is 1.43. The third-order valence-corrected chi connectivity index (χ3v) is 3.88. The summed E-state index contributed by atoms with van der Waals surface area (Å²) in [4.78, 5) is 34.6. The molecule has 7 heteroatoms. The van der Waals surface area contributed by atoms with Crippen LogP contribution in [-0.2, 0) is 9.59 Å². The van der Waals surface area contributed by atoms with Crippen LogP contribution in [0.5, 0.6) is 0 Å². The van der Waals surface area contributed by atoms with Crippen LogP contribution in [0.2, 0.25) is 0 Å². The fourth-order valence-electron chi connectivity index (χ4n) is 2.76. The van der Waals surface area contributed by atoms with Crippen molar-refractivity contribution in [3.05, 3.63) is 17.5 Å². The van der Waals surface area contributed by atoms with E-state index in [1.165, 1.54) is 0 Å². The van der Waals surface area contributed by atoms with Gasteiger partial charge in [0.1, 0.15) is 0 Å². The lowest BCUT2D eigenvalue weighted by molar-refractivity contribution is -0.138. The molecule has 1 aromatic heterocycles. The molecule has 0 bridgehead atoms. The Morgan fingerprint density at radius 3 is 2.52 bits per heavy atom. The summed E-state index contributed by atoms with van der Waals surface area (Å²) in [6.45, 7) is 8.71. The number of hydrogen-bond acceptors (Lipinski definition) is 5. The molecule has 2 rings (SSSR count). The number of hydrogen-bond donors (Lipinski definition) is 2. The minimum absolute atomic E-state index is 0.0430. The second-order valence-electron chi connectivity index (χ2n) is 6.37.